The van der Waals surface area contributed by atoms with Gasteiger partial charge >= 0.3 is 0 Å². The minimum Gasteiger partial charge on any atom is -0.411 e. The molecule has 2 fully saturated rings. The van der Waals surface area contributed by atoms with E-state index >= 15 is 0 Å². The molecule has 0 atom stereocenters. The molecule has 1 aromatic carbocycles. The first-order chi connectivity index (χ1) is 14.2. The summed E-state index contributed by atoms with van der Waals surface area (Å²) < 4.78 is 19.5. The van der Waals surface area contributed by atoms with E-state index in [9.17, 15) is 9.18 Å². The number of nitrogens with zero attached hydrogens (tertiary/aromatic N) is 3. The maximum absolute atomic E-state index is 13.9. The molecule has 0 N–H and O–H groups in total. The second kappa shape index (κ2) is 9.74. The zero-order valence-electron chi connectivity index (χ0n) is 16.7. The topological polar surface area (TPSA) is 59.2 Å². The molecule has 7 heteroatoms. The first-order valence-electron chi connectivity index (χ1n) is 10.7. The number of amides is 1. The van der Waals surface area contributed by atoms with Gasteiger partial charge in [0.15, 0.2) is 0 Å². The van der Waals surface area contributed by atoms with Crippen LogP contribution in [0.2, 0.25) is 0 Å². The molecule has 0 radical (unpaired) electrons. The van der Waals surface area contributed by atoms with Gasteiger partial charge in [0.2, 0.25) is 5.91 Å². The molecular weight excluding hydrogens is 389 g/mol. The lowest BCUT2D eigenvalue weighted by atomic mass is 9.88. The summed E-state index contributed by atoms with van der Waals surface area (Å²) in [6.07, 6.45) is 11.9. The third kappa shape index (κ3) is 5.00. The third-order valence-electron chi connectivity index (χ3n) is 6.05. The molecule has 4 rings (SSSR count). The molecule has 1 amide bonds. The van der Waals surface area contributed by atoms with Crippen molar-refractivity contribution in [1.82, 2.24) is 15.1 Å². The van der Waals surface area contributed by atoms with Crippen molar-refractivity contribution in [1.29, 1.82) is 0 Å². The number of carbonyl (C=O) groups is 1. The first kappa shape index (κ1) is 20.4. The van der Waals surface area contributed by atoms with Crippen molar-refractivity contribution in [3.63, 3.8) is 0 Å². The summed E-state index contributed by atoms with van der Waals surface area (Å²) in [6, 6.07) is 7.06. The van der Waals surface area contributed by atoms with Gasteiger partial charge in [0, 0.05) is 12.1 Å². The fourth-order valence-electron chi connectivity index (χ4n) is 4.63. The second-order valence-electron chi connectivity index (χ2n) is 8.03. The molecule has 2 aliphatic rings. The number of aromatic nitrogens is 2. The highest BCUT2D eigenvalue weighted by Crippen LogP contribution is 2.32. The number of halogens is 1. The van der Waals surface area contributed by atoms with Crippen LogP contribution in [0, 0.1) is 5.82 Å². The van der Waals surface area contributed by atoms with E-state index in [2.05, 4.69) is 15.1 Å². The molecule has 5 nitrogen and oxygen atoms in total. The summed E-state index contributed by atoms with van der Waals surface area (Å²) in [6.45, 7) is 0. The first-order valence-corrected chi connectivity index (χ1v) is 11.7. The van der Waals surface area contributed by atoms with Gasteiger partial charge in [0.05, 0.1) is 11.3 Å². The number of hydrogen-bond donors (Lipinski definition) is 0. The van der Waals surface area contributed by atoms with Gasteiger partial charge in [-0.3, -0.25) is 4.79 Å². The lowest BCUT2D eigenvalue weighted by molar-refractivity contribution is -0.135. The van der Waals surface area contributed by atoms with Crippen LogP contribution in [0.4, 0.5) is 4.39 Å². The number of rotatable bonds is 6. The molecular formula is C22H28FN3O2S. The molecule has 156 valence electrons. The summed E-state index contributed by atoms with van der Waals surface area (Å²) >= 11 is 1.25. The standard InChI is InChI=1S/C22H28FN3O2S/c23-19-14-8-7-13-18(19)21-24-25-22(28-21)29-15-20(27)26(16-9-3-1-4-10-16)17-11-5-2-6-12-17/h7-8,13-14,16-17H,1-6,9-12,15H2. The average molecular weight is 418 g/mol. The molecule has 1 aromatic heterocycles. The van der Waals surface area contributed by atoms with E-state index in [1.165, 1.54) is 56.4 Å². The van der Waals surface area contributed by atoms with Crippen molar-refractivity contribution in [3.05, 3.63) is 30.1 Å². The van der Waals surface area contributed by atoms with Gasteiger partial charge in [0.1, 0.15) is 5.82 Å². The zero-order valence-corrected chi connectivity index (χ0v) is 17.5. The molecule has 0 unspecified atom stereocenters. The molecule has 29 heavy (non-hydrogen) atoms. The summed E-state index contributed by atoms with van der Waals surface area (Å²) in [5.74, 6) is 0.199. The van der Waals surface area contributed by atoms with Gasteiger partial charge in [-0.05, 0) is 37.8 Å². The number of hydrogen-bond acceptors (Lipinski definition) is 5. The van der Waals surface area contributed by atoms with Gasteiger partial charge in [0.25, 0.3) is 11.1 Å². The molecule has 2 aromatic rings. The van der Waals surface area contributed by atoms with Gasteiger partial charge in [-0.15, -0.1) is 10.2 Å². The monoisotopic (exact) mass is 417 g/mol. The van der Waals surface area contributed by atoms with Gasteiger partial charge in [-0.1, -0.05) is 62.4 Å². The normalized spacial score (nSPS) is 18.7. The fourth-order valence-corrected chi connectivity index (χ4v) is 5.27. The largest absolute Gasteiger partial charge is 0.411 e. The third-order valence-corrected chi connectivity index (χ3v) is 6.86. The molecule has 0 spiro atoms. The Morgan fingerprint density at radius 3 is 2.24 bits per heavy atom. The quantitative estimate of drug-likeness (QED) is 0.584. The van der Waals surface area contributed by atoms with Crippen LogP contribution in [0.3, 0.4) is 0 Å². The maximum atomic E-state index is 13.9. The van der Waals surface area contributed by atoms with Crippen LogP contribution in [0.25, 0.3) is 11.5 Å². The van der Waals surface area contributed by atoms with Gasteiger partial charge in [-0.25, -0.2) is 4.39 Å². The number of thioether (sulfide) groups is 1. The van der Waals surface area contributed by atoms with Crippen LogP contribution in [0.15, 0.2) is 33.9 Å². The predicted octanol–water partition coefficient (Wildman–Crippen LogP) is 5.46. The highest BCUT2D eigenvalue weighted by Gasteiger charge is 2.32. The Balaban J connectivity index is 1.42. The van der Waals surface area contributed by atoms with E-state index in [1.807, 2.05) is 0 Å². The van der Waals surface area contributed by atoms with E-state index in [-0.39, 0.29) is 23.1 Å². The van der Waals surface area contributed by atoms with E-state index in [4.69, 9.17) is 4.42 Å². The smallest absolute Gasteiger partial charge is 0.277 e. The van der Waals surface area contributed by atoms with Crippen LogP contribution >= 0.6 is 11.8 Å². The lowest BCUT2D eigenvalue weighted by Gasteiger charge is -2.41. The van der Waals surface area contributed by atoms with Crippen molar-refractivity contribution < 1.29 is 13.6 Å². The van der Waals surface area contributed by atoms with Gasteiger partial charge in [-0.2, -0.15) is 0 Å². The van der Waals surface area contributed by atoms with E-state index < -0.39 is 5.82 Å². The van der Waals surface area contributed by atoms with Crippen molar-refractivity contribution in [3.8, 4) is 11.5 Å². The van der Waals surface area contributed by atoms with E-state index in [1.54, 1.807) is 18.2 Å². The van der Waals surface area contributed by atoms with Crippen LogP contribution in [0.1, 0.15) is 64.2 Å². The van der Waals surface area contributed by atoms with Crippen molar-refractivity contribution in [2.45, 2.75) is 81.5 Å². The van der Waals surface area contributed by atoms with Crippen LogP contribution in [0.5, 0.6) is 0 Å². The maximum Gasteiger partial charge on any atom is 0.277 e. The minimum absolute atomic E-state index is 0.148. The van der Waals surface area contributed by atoms with E-state index in [0.717, 1.165) is 25.7 Å². The number of benzene rings is 1. The molecule has 0 bridgehead atoms. The molecule has 2 saturated carbocycles. The number of carbonyl (C=O) groups excluding carboxylic acids is 1. The minimum atomic E-state index is -0.399. The Labute approximate surface area is 175 Å². The Kier molecular flexibility index (Phi) is 6.85. The summed E-state index contributed by atoms with van der Waals surface area (Å²) in [5.41, 5.74) is 0.282. The predicted molar refractivity (Wildman–Crippen MR) is 111 cm³/mol. The Morgan fingerprint density at radius 1 is 1.00 bits per heavy atom. The summed E-state index contributed by atoms with van der Waals surface area (Å²) in [5, 5.41) is 8.26. The SMILES string of the molecule is O=C(CSc1nnc(-c2ccccc2F)o1)N(C1CCCCC1)C1CCCCC1. The highest BCUT2D eigenvalue weighted by atomic mass is 32.2. The second-order valence-corrected chi connectivity index (χ2v) is 8.95. The summed E-state index contributed by atoms with van der Waals surface area (Å²) in [4.78, 5) is 15.4. The van der Waals surface area contributed by atoms with Crippen molar-refractivity contribution in [2.24, 2.45) is 0 Å². The van der Waals surface area contributed by atoms with Crippen LogP contribution in [-0.4, -0.2) is 38.8 Å². The van der Waals surface area contributed by atoms with Crippen LogP contribution in [-0.2, 0) is 4.79 Å². The van der Waals surface area contributed by atoms with E-state index in [0.29, 0.717) is 17.3 Å². The molecule has 0 aliphatic heterocycles. The van der Waals surface area contributed by atoms with Crippen molar-refractivity contribution in [2.75, 3.05) is 5.75 Å². The van der Waals surface area contributed by atoms with Crippen LogP contribution < -0.4 is 0 Å². The molecule has 1 heterocycles. The lowest BCUT2D eigenvalue weighted by Crippen LogP contribution is -2.49. The van der Waals surface area contributed by atoms with Gasteiger partial charge < -0.3 is 9.32 Å². The summed E-state index contributed by atoms with van der Waals surface area (Å²) in [7, 11) is 0. The Bertz CT molecular complexity index is 798. The van der Waals surface area contributed by atoms with Crippen molar-refractivity contribution >= 4 is 17.7 Å². The molecule has 2 aliphatic carbocycles. The Hall–Kier alpha value is -1.89. The zero-order chi connectivity index (χ0) is 20.1. The fraction of sp³-hybridized carbons (Fsp3) is 0.591. The highest BCUT2D eigenvalue weighted by molar-refractivity contribution is 7.99. The average Bonchev–Trinajstić information content (AvgIpc) is 3.23. The molecule has 0 saturated heterocycles. The Morgan fingerprint density at radius 2 is 1.62 bits per heavy atom.